The van der Waals surface area contributed by atoms with E-state index in [-0.39, 0.29) is 34.7 Å². The maximum Gasteiger partial charge on any atom is 0.343 e. The van der Waals surface area contributed by atoms with Gasteiger partial charge >= 0.3 is 11.9 Å². The van der Waals surface area contributed by atoms with Gasteiger partial charge in [0.15, 0.2) is 0 Å². The van der Waals surface area contributed by atoms with E-state index in [0.29, 0.717) is 15.6 Å². The fourth-order valence-electron chi connectivity index (χ4n) is 3.45. The number of ether oxygens (including phenoxy) is 2. The highest BCUT2D eigenvalue weighted by molar-refractivity contribution is 6.31. The van der Waals surface area contributed by atoms with Gasteiger partial charge in [-0.3, -0.25) is 9.59 Å². The van der Waals surface area contributed by atoms with Crippen LogP contribution in [0.2, 0.25) is 10.0 Å². The van der Waals surface area contributed by atoms with Gasteiger partial charge in [0.1, 0.15) is 11.5 Å². The molecule has 9 nitrogen and oxygen atoms in total. The van der Waals surface area contributed by atoms with E-state index in [1.165, 1.54) is 60.8 Å². The molecule has 0 heterocycles. The number of hydrogen-bond acceptors (Lipinski definition) is 7. The van der Waals surface area contributed by atoms with Gasteiger partial charge in [0.25, 0.3) is 11.8 Å². The van der Waals surface area contributed by atoms with Crippen LogP contribution in [0.15, 0.2) is 96.1 Å². The van der Waals surface area contributed by atoms with Gasteiger partial charge in [-0.15, -0.1) is 0 Å². The van der Waals surface area contributed by atoms with Gasteiger partial charge in [-0.05, 0) is 79.7 Å². The number of hydrogen-bond donors (Lipinski definition) is 2. The second-order valence-electron chi connectivity index (χ2n) is 8.83. The molecule has 0 atom stereocenters. The molecular weight excluding hydrogens is 581 g/mol. The molecule has 0 aliphatic heterocycles. The Labute approximate surface area is 251 Å². The summed E-state index contributed by atoms with van der Waals surface area (Å²) in [5.74, 6) is -2.25. The van der Waals surface area contributed by atoms with Crippen LogP contribution in [0.25, 0.3) is 0 Å². The van der Waals surface area contributed by atoms with Crippen LogP contribution in [-0.4, -0.2) is 36.5 Å². The predicted molar refractivity (Wildman–Crippen MR) is 159 cm³/mol. The van der Waals surface area contributed by atoms with E-state index in [9.17, 15) is 19.2 Å². The maximum atomic E-state index is 12.8. The van der Waals surface area contributed by atoms with Crippen molar-refractivity contribution in [2.45, 2.75) is 6.92 Å². The lowest BCUT2D eigenvalue weighted by molar-refractivity contribution is -0.120. The van der Waals surface area contributed by atoms with Crippen molar-refractivity contribution < 1.29 is 28.7 Å². The van der Waals surface area contributed by atoms with E-state index in [1.807, 2.05) is 6.92 Å². The third-order valence-electron chi connectivity index (χ3n) is 5.67. The van der Waals surface area contributed by atoms with Crippen LogP contribution in [0, 0.1) is 6.92 Å². The Morgan fingerprint density at radius 3 is 1.88 bits per heavy atom. The van der Waals surface area contributed by atoms with Gasteiger partial charge in [0, 0.05) is 27.2 Å². The molecule has 0 saturated carbocycles. The highest BCUT2D eigenvalue weighted by Gasteiger charge is 2.15. The fraction of sp³-hybridized carbons (Fsp3) is 0.0645. The lowest BCUT2D eigenvalue weighted by atomic mass is 10.1. The molecule has 0 aromatic heterocycles. The molecule has 4 aromatic rings. The zero-order valence-electron chi connectivity index (χ0n) is 22.1. The van der Waals surface area contributed by atoms with Gasteiger partial charge in [0.2, 0.25) is 0 Å². The Morgan fingerprint density at radius 1 is 0.738 bits per heavy atom. The molecule has 4 aromatic carbocycles. The molecule has 4 rings (SSSR count). The normalized spacial score (nSPS) is 10.6. The number of hydrazone groups is 1. The summed E-state index contributed by atoms with van der Waals surface area (Å²) in [7, 11) is 0. The minimum absolute atomic E-state index is 0.00188. The molecule has 11 heteroatoms. The van der Waals surface area contributed by atoms with Crippen LogP contribution < -0.4 is 20.2 Å². The number of amides is 2. The van der Waals surface area contributed by atoms with Gasteiger partial charge in [-0.2, -0.15) is 5.10 Å². The molecular formula is C31H23Cl2N3O6. The van der Waals surface area contributed by atoms with Gasteiger partial charge < -0.3 is 14.8 Å². The summed E-state index contributed by atoms with van der Waals surface area (Å²) in [5, 5.41) is 7.32. The van der Waals surface area contributed by atoms with E-state index >= 15 is 0 Å². The summed E-state index contributed by atoms with van der Waals surface area (Å²) in [6, 6.07) is 23.4. The molecule has 0 radical (unpaired) electrons. The number of esters is 2. The largest absolute Gasteiger partial charge is 0.423 e. The van der Waals surface area contributed by atoms with Crippen molar-refractivity contribution in [1.29, 1.82) is 0 Å². The Balaban J connectivity index is 1.46. The van der Waals surface area contributed by atoms with E-state index < -0.39 is 23.8 Å². The quantitative estimate of drug-likeness (QED) is 0.111. The van der Waals surface area contributed by atoms with Gasteiger partial charge in [-0.25, -0.2) is 15.0 Å². The molecule has 42 heavy (non-hydrogen) atoms. The van der Waals surface area contributed by atoms with Gasteiger partial charge in [-0.1, -0.05) is 40.9 Å². The smallest absolute Gasteiger partial charge is 0.343 e. The van der Waals surface area contributed by atoms with Crippen LogP contribution in [0.1, 0.15) is 42.2 Å². The number of carbonyl (C=O) groups is 4. The summed E-state index contributed by atoms with van der Waals surface area (Å²) in [4.78, 5) is 49.8. The Kier molecular flexibility index (Phi) is 10.0. The van der Waals surface area contributed by atoms with Crippen molar-refractivity contribution in [3.05, 3.63) is 129 Å². The molecule has 0 fully saturated rings. The molecule has 0 spiro atoms. The fourth-order valence-corrected chi connectivity index (χ4v) is 3.70. The van der Waals surface area contributed by atoms with Gasteiger partial charge in [0.05, 0.1) is 23.9 Å². The lowest BCUT2D eigenvalue weighted by Gasteiger charge is -2.11. The first-order chi connectivity index (χ1) is 20.2. The number of nitrogens with zero attached hydrogens (tertiary/aromatic N) is 1. The third kappa shape index (κ3) is 8.50. The summed E-state index contributed by atoms with van der Waals surface area (Å²) in [5.41, 5.74) is 4.50. The number of carbonyl (C=O) groups excluding carboxylic acids is 4. The molecule has 212 valence electrons. The van der Waals surface area contributed by atoms with Crippen molar-refractivity contribution in [1.82, 2.24) is 10.7 Å². The van der Waals surface area contributed by atoms with Crippen molar-refractivity contribution in [3.8, 4) is 11.5 Å². The molecule has 0 aliphatic rings. The third-order valence-corrected chi connectivity index (χ3v) is 6.18. The summed E-state index contributed by atoms with van der Waals surface area (Å²) in [6.45, 7) is 1.58. The molecule has 0 aliphatic carbocycles. The number of benzene rings is 4. The Morgan fingerprint density at radius 2 is 1.29 bits per heavy atom. The average Bonchev–Trinajstić information content (AvgIpc) is 2.98. The lowest BCUT2D eigenvalue weighted by Crippen LogP contribution is -2.34. The van der Waals surface area contributed by atoms with Crippen molar-refractivity contribution >= 4 is 53.2 Å². The predicted octanol–water partition coefficient (Wildman–Crippen LogP) is 5.62. The summed E-state index contributed by atoms with van der Waals surface area (Å²) < 4.78 is 11.0. The monoisotopic (exact) mass is 603 g/mol. The first-order valence-electron chi connectivity index (χ1n) is 12.4. The van der Waals surface area contributed by atoms with Crippen molar-refractivity contribution in [2.75, 3.05) is 6.54 Å². The standard InChI is InChI=1S/C31H23Cl2N3O6/c1-19-2-4-20(5-3-19)29(38)34-18-28(37)36-35-17-23-10-15-26(41-30(39)21-6-11-24(32)12-7-21)16-27(23)42-31(40)22-8-13-25(33)14-9-22/h2-17H,18H2,1H3,(H,34,38)(H,36,37). The molecule has 0 unspecified atom stereocenters. The zero-order valence-corrected chi connectivity index (χ0v) is 23.6. The first kappa shape index (κ1) is 30.0. The minimum atomic E-state index is -0.703. The average molecular weight is 604 g/mol. The van der Waals surface area contributed by atoms with Crippen molar-refractivity contribution in [3.63, 3.8) is 0 Å². The zero-order chi connectivity index (χ0) is 30.1. The number of halogens is 2. The number of aryl methyl sites for hydroxylation is 1. The Hall–Kier alpha value is -4.99. The topological polar surface area (TPSA) is 123 Å². The van der Waals surface area contributed by atoms with E-state index in [1.54, 1.807) is 36.4 Å². The molecule has 2 N–H and O–H groups in total. The molecule has 2 amide bonds. The minimum Gasteiger partial charge on any atom is -0.423 e. The molecule has 0 saturated heterocycles. The van der Waals surface area contributed by atoms with Crippen LogP contribution in [0.4, 0.5) is 0 Å². The Bertz CT molecular complexity index is 1640. The SMILES string of the molecule is Cc1ccc(C(=O)NCC(=O)NN=Cc2ccc(OC(=O)c3ccc(Cl)cc3)cc2OC(=O)c2ccc(Cl)cc2)cc1. The second-order valence-corrected chi connectivity index (χ2v) is 9.71. The first-order valence-corrected chi connectivity index (χ1v) is 13.2. The van der Waals surface area contributed by atoms with Crippen LogP contribution >= 0.6 is 23.2 Å². The second kappa shape index (κ2) is 14.1. The van der Waals surface area contributed by atoms with E-state index in [0.717, 1.165) is 5.56 Å². The number of rotatable bonds is 9. The molecule has 0 bridgehead atoms. The van der Waals surface area contributed by atoms with Crippen LogP contribution in [0.5, 0.6) is 11.5 Å². The van der Waals surface area contributed by atoms with E-state index in [2.05, 4.69) is 15.8 Å². The van der Waals surface area contributed by atoms with E-state index in [4.69, 9.17) is 32.7 Å². The maximum absolute atomic E-state index is 12.8. The summed E-state index contributed by atoms with van der Waals surface area (Å²) in [6.07, 6.45) is 1.25. The van der Waals surface area contributed by atoms with Crippen LogP contribution in [-0.2, 0) is 4.79 Å². The highest BCUT2D eigenvalue weighted by Crippen LogP contribution is 2.26. The summed E-state index contributed by atoms with van der Waals surface area (Å²) >= 11 is 11.8. The van der Waals surface area contributed by atoms with Crippen molar-refractivity contribution in [2.24, 2.45) is 5.10 Å². The number of nitrogens with one attached hydrogen (secondary N) is 2. The van der Waals surface area contributed by atoms with Crippen LogP contribution in [0.3, 0.4) is 0 Å². The highest BCUT2D eigenvalue weighted by atomic mass is 35.5.